The van der Waals surface area contributed by atoms with Gasteiger partial charge in [-0.2, -0.15) is 0 Å². The van der Waals surface area contributed by atoms with Gasteiger partial charge < -0.3 is 9.64 Å². The Kier molecular flexibility index (Phi) is 4.68. The van der Waals surface area contributed by atoms with Crippen LogP contribution in [0.4, 0.5) is 5.69 Å². The lowest BCUT2D eigenvalue weighted by atomic mass is 10.2. The molecule has 0 aromatic heterocycles. The van der Waals surface area contributed by atoms with E-state index in [9.17, 15) is 0 Å². The third kappa shape index (κ3) is 3.80. The summed E-state index contributed by atoms with van der Waals surface area (Å²) in [6.07, 6.45) is 0. The SMILES string of the molecule is COc1ccc(C#CCN(C)c2ccc(C)cc2)cc1. The first-order valence-electron chi connectivity index (χ1n) is 6.60. The van der Waals surface area contributed by atoms with Crippen LogP contribution in [0.3, 0.4) is 0 Å². The van der Waals surface area contributed by atoms with E-state index in [0.29, 0.717) is 6.54 Å². The molecule has 0 heterocycles. The summed E-state index contributed by atoms with van der Waals surface area (Å²) in [6, 6.07) is 16.2. The van der Waals surface area contributed by atoms with Crippen molar-refractivity contribution >= 4 is 5.69 Å². The summed E-state index contributed by atoms with van der Waals surface area (Å²) in [6.45, 7) is 2.79. The lowest BCUT2D eigenvalue weighted by Crippen LogP contribution is -2.16. The van der Waals surface area contributed by atoms with Crippen molar-refractivity contribution in [3.63, 3.8) is 0 Å². The molecule has 0 bridgehead atoms. The summed E-state index contributed by atoms with van der Waals surface area (Å²) in [7, 11) is 3.71. The molecule has 0 atom stereocenters. The number of nitrogens with zero attached hydrogens (tertiary/aromatic N) is 1. The number of ether oxygens (including phenoxy) is 1. The minimum absolute atomic E-state index is 0.703. The Morgan fingerprint density at radius 2 is 1.65 bits per heavy atom. The van der Waals surface area contributed by atoms with Gasteiger partial charge >= 0.3 is 0 Å². The van der Waals surface area contributed by atoms with E-state index in [1.54, 1.807) is 7.11 Å². The minimum atomic E-state index is 0.703. The summed E-state index contributed by atoms with van der Waals surface area (Å²) >= 11 is 0. The fourth-order valence-corrected chi connectivity index (χ4v) is 1.83. The Labute approximate surface area is 121 Å². The van der Waals surface area contributed by atoms with Crippen LogP contribution in [0.25, 0.3) is 0 Å². The van der Waals surface area contributed by atoms with Gasteiger partial charge in [0.2, 0.25) is 0 Å². The molecule has 0 aliphatic heterocycles. The van der Waals surface area contributed by atoms with Crippen molar-refractivity contribution < 1.29 is 4.74 Å². The first kappa shape index (κ1) is 14.0. The molecular weight excluding hydrogens is 246 g/mol. The van der Waals surface area contributed by atoms with Crippen LogP contribution in [-0.4, -0.2) is 20.7 Å². The van der Waals surface area contributed by atoms with Crippen LogP contribution >= 0.6 is 0 Å². The molecule has 0 saturated heterocycles. The average molecular weight is 265 g/mol. The molecular formula is C18H19NO. The second-order valence-electron chi connectivity index (χ2n) is 4.72. The predicted molar refractivity (Wildman–Crippen MR) is 84.3 cm³/mol. The van der Waals surface area contributed by atoms with Crippen molar-refractivity contribution in [2.75, 3.05) is 25.6 Å². The molecule has 2 heteroatoms. The molecule has 0 aliphatic carbocycles. The van der Waals surface area contributed by atoms with Crippen molar-refractivity contribution in [2.45, 2.75) is 6.92 Å². The minimum Gasteiger partial charge on any atom is -0.497 e. The quantitative estimate of drug-likeness (QED) is 0.788. The Morgan fingerprint density at radius 1 is 1.00 bits per heavy atom. The van der Waals surface area contributed by atoms with Gasteiger partial charge in [-0.05, 0) is 43.3 Å². The van der Waals surface area contributed by atoms with Crippen molar-refractivity contribution in [3.05, 3.63) is 59.7 Å². The predicted octanol–water partition coefficient (Wildman–Crippen LogP) is 3.49. The van der Waals surface area contributed by atoms with Crippen LogP contribution in [0.1, 0.15) is 11.1 Å². The van der Waals surface area contributed by atoms with Crippen LogP contribution in [0.2, 0.25) is 0 Å². The number of hydrogen-bond donors (Lipinski definition) is 0. The Morgan fingerprint density at radius 3 is 2.25 bits per heavy atom. The molecule has 102 valence electrons. The summed E-state index contributed by atoms with van der Waals surface area (Å²) < 4.78 is 5.12. The second kappa shape index (κ2) is 6.68. The highest BCUT2D eigenvalue weighted by Gasteiger charge is 1.97. The molecule has 0 amide bonds. The summed E-state index contributed by atoms with van der Waals surface area (Å²) in [5, 5.41) is 0. The molecule has 2 rings (SSSR count). The van der Waals surface area contributed by atoms with Gasteiger partial charge in [-0.1, -0.05) is 29.5 Å². The topological polar surface area (TPSA) is 12.5 Å². The lowest BCUT2D eigenvalue weighted by molar-refractivity contribution is 0.415. The van der Waals surface area contributed by atoms with Gasteiger partial charge in [0, 0.05) is 18.3 Å². The van der Waals surface area contributed by atoms with Crippen LogP contribution < -0.4 is 9.64 Å². The van der Waals surface area contributed by atoms with E-state index in [1.165, 1.54) is 11.3 Å². The van der Waals surface area contributed by atoms with Gasteiger partial charge in [0.15, 0.2) is 0 Å². The van der Waals surface area contributed by atoms with E-state index >= 15 is 0 Å². The van der Waals surface area contributed by atoms with Crippen molar-refractivity contribution in [1.29, 1.82) is 0 Å². The maximum absolute atomic E-state index is 5.12. The number of hydrogen-bond acceptors (Lipinski definition) is 2. The monoisotopic (exact) mass is 265 g/mol. The first-order chi connectivity index (χ1) is 9.69. The molecule has 0 fully saturated rings. The number of benzene rings is 2. The third-order valence-corrected chi connectivity index (χ3v) is 3.11. The highest BCUT2D eigenvalue weighted by molar-refractivity contribution is 5.48. The highest BCUT2D eigenvalue weighted by Crippen LogP contribution is 2.13. The average Bonchev–Trinajstić information content (AvgIpc) is 2.48. The van der Waals surface area contributed by atoms with Crippen LogP contribution in [0.15, 0.2) is 48.5 Å². The zero-order valence-electron chi connectivity index (χ0n) is 12.2. The van der Waals surface area contributed by atoms with Crippen LogP contribution in [0, 0.1) is 18.8 Å². The molecule has 2 nitrogen and oxygen atoms in total. The zero-order valence-corrected chi connectivity index (χ0v) is 12.2. The van der Waals surface area contributed by atoms with E-state index in [4.69, 9.17) is 4.74 Å². The molecule has 0 aliphatic rings. The molecule has 0 spiro atoms. The van der Waals surface area contributed by atoms with E-state index < -0.39 is 0 Å². The van der Waals surface area contributed by atoms with Gasteiger partial charge in [0.25, 0.3) is 0 Å². The maximum atomic E-state index is 5.12. The van der Waals surface area contributed by atoms with Crippen molar-refractivity contribution in [1.82, 2.24) is 0 Å². The normalized spacial score (nSPS) is 9.55. The molecule has 0 radical (unpaired) electrons. The molecule has 0 saturated carbocycles. The third-order valence-electron chi connectivity index (χ3n) is 3.11. The van der Waals surface area contributed by atoms with Crippen LogP contribution in [0.5, 0.6) is 5.75 Å². The van der Waals surface area contributed by atoms with E-state index in [2.05, 4.69) is 47.9 Å². The van der Waals surface area contributed by atoms with Crippen molar-refractivity contribution in [2.24, 2.45) is 0 Å². The van der Waals surface area contributed by atoms with Gasteiger partial charge in [0.05, 0.1) is 13.7 Å². The maximum Gasteiger partial charge on any atom is 0.118 e. The van der Waals surface area contributed by atoms with Gasteiger partial charge in [0.1, 0.15) is 5.75 Å². The van der Waals surface area contributed by atoms with Crippen molar-refractivity contribution in [3.8, 4) is 17.6 Å². The summed E-state index contributed by atoms with van der Waals surface area (Å²) in [5.74, 6) is 7.20. The van der Waals surface area contributed by atoms with Gasteiger partial charge in [-0.25, -0.2) is 0 Å². The lowest BCUT2D eigenvalue weighted by Gasteiger charge is -2.15. The Bertz CT molecular complexity index is 603. The fraction of sp³-hybridized carbons (Fsp3) is 0.222. The van der Waals surface area contributed by atoms with Gasteiger partial charge in [-0.15, -0.1) is 0 Å². The largest absolute Gasteiger partial charge is 0.497 e. The molecule has 0 N–H and O–H groups in total. The van der Waals surface area contributed by atoms with E-state index in [1.807, 2.05) is 31.3 Å². The molecule has 2 aromatic carbocycles. The first-order valence-corrected chi connectivity index (χ1v) is 6.60. The fourth-order valence-electron chi connectivity index (χ4n) is 1.83. The van der Waals surface area contributed by atoms with Crippen LogP contribution in [-0.2, 0) is 0 Å². The van der Waals surface area contributed by atoms with E-state index in [-0.39, 0.29) is 0 Å². The highest BCUT2D eigenvalue weighted by atomic mass is 16.5. The Balaban J connectivity index is 1.97. The molecule has 0 unspecified atom stereocenters. The van der Waals surface area contributed by atoms with Gasteiger partial charge in [-0.3, -0.25) is 0 Å². The zero-order chi connectivity index (χ0) is 14.4. The van der Waals surface area contributed by atoms with E-state index in [0.717, 1.165) is 11.3 Å². The number of methoxy groups -OCH3 is 1. The molecule has 20 heavy (non-hydrogen) atoms. The number of aryl methyl sites for hydroxylation is 1. The summed E-state index contributed by atoms with van der Waals surface area (Å²) in [5.41, 5.74) is 3.45. The standard InChI is InChI=1S/C18H19NO/c1-15-6-10-17(11-7-15)19(2)14-4-5-16-8-12-18(20-3)13-9-16/h6-13H,14H2,1-3H3. The smallest absolute Gasteiger partial charge is 0.118 e. The molecule has 2 aromatic rings. The Hall–Kier alpha value is -2.40. The number of anilines is 1. The number of rotatable bonds is 3. The summed E-state index contributed by atoms with van der Waals surface area (Å²) in [4.78, 5) is 2.13. The second-order valence-corrected chi connectivity index (χ2v) is 4.72.